The van der Waals surface area contributed by atoms with Crippen molar-refractivity contribution in [1.82, 2.24) is 4.90 Å². The van der Waals surface area contributed by atoms with Crippen LogP contribution in [0.25, 0.3) is 10.8 Å². The summed E-state index contributed by atoms with van der Waals surface area (Å²) in [4.78, 5) is 30.9. The molecule has 2 heterocycles. The zero-order valence-electron chi connectivity index (χ0n) is 15.0. The van der Waals surface area contributed by atoms with Crippen LogP contribution in [0.15, 0.2) is 65.7 Å². The van der Waals surface area contributed by atoms with E-state index in [1.54, 1.807) is 36.0 Å². The van der Waals surface area contributed by atoms with E-state index < -0.39 is 0 Å². The monoisotopic (exact) mass is 387 g/mol. The summed E-state index contributed by atoms with van der Waals surface area (Å²) >= 11 is 1.65. The number of carbonyl (C=O) groups is 2. The number of imide groups is 1. The Bertz CT molecular complexity index is 1120. The summed E-state index contributed by atoms with van der Waals surface area (Å²) in [5.74, 6) is 1.84. The van der Waals surface area contributed by atoms with Crippen molar-refractivity contribution >= 4 is 51.6 Å². The maximum atomic E-state index is 12.4. The number of amidine groups is 1. The zero-order chi connectivity index (χ0) is 19.1. The molecular weight excluding hydrogens is 370 g/mol. The van der Waals surface area contributed by atoms with E-state index in [1.165, 1.54) is 10.3 Å². The molecular formula is C22H17N3O2S. The van der Waals surface area contributed by atoms with Crippen molar-refractivity contribution in [1.29, 1.82) is 0 Å². The Labute approximate surface area is 166 Å². The van der Waals surface area contributed by atoms with Gasteiger partial charge in [0, 0.05) is 23.4 Å². The molecule has 0 unspecified atom stereocenters. The van der Waals surface area contributed by atoms with E-state index in [2.05, 4.69) is 23.5 Å². The summed E-state index contributed by atoms with van der Waals surface area (Å²) in [6.45, 7) is 0.399. The lowest BCUT2D eigenvalue weighted by molar-refractivity contribution is 0.0664. The van der Waals surface area contributed by atoms with Gasteiger partial charge in [-0.25, -0.2) is 4.99 Å². The van der Waals surface area contributed by atoms with Gasteiger partial charge in [0.25, 0.3) is 11.8 Å². The van der Waals surface area contributed by atoms with Crippen molar-refractivity contribution in [2.75, 3.05) is 23.4 Å². The molecule has 0 aliphatic carbocycles. The third-order valence-electron chi connectivity index (χ3n) is 4.99. The van der Waals surface area contributed by atoms with Gasteiger partial charge in [0.1, 0.15) is 5.84 Å². The number of thioether (sulfide) groups is 1. The number of rotatable bonds is 5. The minimum absolute atomic E-state index is 0.199. The van der Waals surface area contributed by atoms with Crippen LogP contribution in [0.3, 0.4) is 0 Å². The van der Waals surface area contributed by atoms with E-state index in [9.17, 15) is 9.59 Å². The summed E-state index contributed by atoms with van der Waals surface area (Å²) in [5, 5.41) is 5.72. The Kier molecular flexibility index (Phi) is 4.13. The number of benzene rings is 3. The topological polar surface area (TPSA) is 61.8 Å². The lowest BCUT2D eigenvalue weighted by Gasteiger charge is -2.19. The largest absolute Gasteiger partial charge is 0.342 e. The molecule has 3 aromatic rings. The van der Waals surface area contributed by atoms with Gasteiger partial charge in [0.05, 0.1) is 22.6 Å². The van der Waals surface area contributed by atoms with Crippen molar-refractivity contribution in [3.05, 3.63) is 71.8 Å². The molecule has 28 heavy (non-hydrogen) atoms. The molecule has 0 bridgehead atoms. The number of hydrogen-bond donors (Lipinski definition) is 1. The van der Waals surface area contributed by atoms with Crippen LogP contribution < -0.4 is 5.32 Å². The first kappa shape index (κ1) is 17.0. The first-order chi connectivity index (χ1) is 13.7. The first-order valence-corrected chi connectivity index (χ1v) is 10.3. The number of nitrogens with one attached hydrogen (secondary N) is 1. The Morgan fingerprint density at radius 1 is 0.893 bits per heavy atom. The average molecular weight is 387 g/mol. The summed E-state index contributed by atoms with van der Waals surface area (Å²) in [6, 6.07) is 19.3. The number of aliphatic imine (C=N–C) groups is 1. The minimum atomic E-state index is -0.199. The predicted octanol–water partition coefficient (Wildman–Crippen LogP) is 4.32. The Balaban J connectivity index is 1.23. The van der Waals surface area contributed by atoms with Gasteiger partial charge in [-0.1, -0.05) is 36.4 Å². The van der Waals surface area contributed by atoms with E-state index in [0.717, 1.165) is 22.6 Å². The number of carbonyl (C=O) groups excluding carboxylic acids is 2. The minimum Gasteiger partial charge on any atom is -0.342 e. The van der Waals surface area contributed by atoms with Crippen LogP contribution in [0.2, 0.25) is 0 Å². The van der Waals surface area contributed by atoms with Gasteiger partial charge in [-0.15, -0.1) is 0 Å². The van der Waals surface area contributed by atoms with E-state index in [1.807, 2.05) is 18.2 Å². The van der Waals surface area contributed by atoms with E-state index in [0.29, 0.717) is 29.2 Å². The fourth-order valence-electron chi connectivity index (χ4n) is 3.68. The highest BCUT2D eigenvalue weighted by molar-refractivity contribution is 8.00. The van der Waals surface area contributed by atoms with Crippen molar-refractivity contribution in [2.24, 2.45) is 4.99 Å². The van der Waals surface area contributed by atoms with Crippen molar-refractivity contribution < 1.29 is 9.59 Å². The maximum absolute atomic E-state index is 12.4. The lowest BCUT2D eigenvalue weighted by atomic mass is 10.1. The van der Waals surface area contributed by atoms with Crippen molar-refractivity contribution in [3.8, 4) is 0 Å². The third-order valence-corrected chi connectivity index (χ3v) is 5.94. The molecule has 6 heteroatoms. The molecule has 0 saturated heterocycles. The molecule has 0 fully saturated rings. The fraction of sp³-hybridized carbons (Fsp3) is 0.136. The standard InChI is InChI=1S/C22H17N3O2S/c26-21-15-7-1-2-8-16(15)22(27)25(21)11-12-28-13-19-23-17-9-3-5-14-6-4-10-18(24-19)20(14)17/h1-10H,11-13H2,(H,23,24). The maximum Gasteiger partial charge on any atom is 0.261 e. The smallest absolute Gasteiger partial charge is 0.261 e. The van der Waals surface area contributed by atoms with E-state index in [4.69, 9.17) is 4.99 Å². The quantitative estimate of drug-likeness (QED) is 0.523. The zero-order valence-corrected chi connectivity index (χ0v) is 15.8. The normalized spacial score (nSPS) is 14.9. The third kappa shape index (κ3) is 2.77. The van der Waals surface area contributed by atoms with E-state index in [-0.39, 0.29) is 11.8 Å². The Morgan fingerprint density at radius 2 is 1.61 bits per heavy atom. The van der Waals surface area contributed by atoms with Crippen LogP contribution in [-0.2, 0) is 0 Å². The molecule has 0 saturated carbocycles. The number of anilines is 1. The molecule has 2 aliphatic rings. The molecule has 5 nitrogen and oxygen atoms in total. The molecule has 2 aliphatic heterocycles. The molecule has 2 amide bonds. The second-order valence-corrected chi connectivity index (χ2v) is 7.83. The van der Waals surface area contributed by atoms with Gasteiger partial charge in [-0.2, -0.15) is 11.8 Å². The van der Waals surface area contributed by atoms with Crippen LogP contribution >= 0.6 is 11.8 Å². The van der Waals surface area contributed by atoms with E-state index >= 15 is 0 Å². The van der Waals surface area contributed by atoms with Crippen LogP contribution in [0.4, 0.5) is 11.4 Å². The van der Waals surface area contributed by atoms with Crippen LogP contribution in [0.5, 0.6) is 0 Å². The fourth-order valence-corrected chi connectivity index (χ4v) is 4.47. The van der Waals surface area contributed by atoms with Gasteiger partial charge >= 0.3 is 0 Å². The number of nitrogens with zero attached hydrogens (tertiary/aromatic N) is 2. The van der Waals surface area contributed by atoms with Gasteiger partial charge in [-0.05, 0) is 29.7 Å². The molecule has 0 atom stereocenters. The highest BCUT2D eigenvalue weighted by atomic mass is 32.2. The second kappa shape index (κ2) is 6.80. The highest BCUT2D eigenvalue weighted by Gasteiger charge is 2.34. The van der Waals surface area contributed by atoms with Crippen molar-refractivity contribution in [3.63, 3.8) is 0 Å². The summed E-state index contributed by atoms with van der Waals surface area (Å²) in [7, 11) is 0. The molecule has 5 rings (SSSR count). The molecule has 138 valence electrons. The Morgan fingerprint density at radius 3 is 2.36 bits per heavy atom. The van der Waals surface area contributed by atoms with Crippen LogP contribution in [0, 0.1) is 0 Å². The van der Waals surface area contributed by atoms with Crippen LogP contribution in [0.1, 0.15) is 20.7 Å². The van der Waals surface area contributed by atoms with Gasteiger partial charge in [0.15, 0.2) is 0 Å². The van der Waals surface area contributed by atoms with Crippen molar-refractivity contribution in [2.45, 2.75) is 0 Å². The highest BCUT2D eigenvalue weighted by Crippen LogP contribution is 2.35. The number of hydrogen-bond acceptors (Lipinski definition) is 5. The summed E-state index contributed by atoms with van der Waals surface area (Å²) < 4.78 is 0. The molecule has 1 N–H and O–H groups in total. The Hall–Kier alpha value is -3.12. The summed E-state index contributed by atoms with van der Waals surface area (Å²) in [5.41, 5.74) is 3.04. The summed E-state index contributed by atoms with van der Waals surface area (Å²) in [6.07, 6.45) is 0. The molecule has 3 aromatic carbocycles. The average Bonchev–Trinajstić information content (AvgIpc) is 2.96. The molecule has 0 radical (unpaired) electrons. The first-order valence-electron chi connectivity index (χ1n) is 9.12. The second-order valence-electron chi connectivity index (χ2n) is 6.72. The lowest BCUT2D eigenvalue weighted by Crippen LogP contribution is -2.32. The molecule has 0 spiro atoms. The SMILES string of the molecule is O=C1c2ccccc2C(=O)N1CCSCC1=Nc2cccc3cccc(c23)N1. The van der Waals surface area contributed by atoms with Crippen LogP contribution in [-0.4, -0.2) is 40.6 Å². The van der Waals surface area contributed by atoms with Gasteiger partial charge < -0.3 is 5.32 Å². The molecule has 0 aromatic heterocycles. The van der Waals surface area contributed by atoms with Gasteiger partial charge in [0.2, 0.25) is 0 Å². The van der Waals surface area contributed by atoms with Gasteiger partial charge in [-0.3, -0.25) is 14.5 Å². The number of fused-ring (bicyclic) bond motifs is 1. The predicted molar refractivity (Wildman–Crippen MR) is 114 cm³/mol. The number of amides is 2.